The zero-order valence-electron chi connectivity index (χ0n) is 19.7. The average Bonchev–Trinajstić information content (AvgIpc) is 3.10. The van der Waals surface area contributed by atoms with E-state index in [1.54, 1.807) is 55.6 Å². The Hall–Kier alpha value is -3.58. The van der Waals surface area contributed by atoms with Crippen molar-refractivity contribution in [3.8, 4) is 11.5 Å². The van der Waals surface area contributed by atoms with Crippen LogP contribution in [0.3, 0.4) is 0 Å². The van der Waals surface area contributed by atoms with E-state index < -0.39 is 17.7 Å². The first-order valence-corrected chi connectivity index (χ1v) is 12.0. The Morgan fingerprint density at radius 1 is 0.943 bits per heavy atom. The largest absolute Gasteiger partial charge is 0.507 e. The lowest BCUT2D eigenvalue weighted by Gasteiger charge is -2.25. The minimum absolute atomic E-state index is 0.0485. The number of likely N-dealkylation sites (tertiary alicyclic amines) is 1. The number of carbonyl (C=O) groups is 2. The van der Waals surface area contributed by atoms with Crippen molar-refractivity contribution >= 4 is 33.4 Å². The van der Waals surface area contributed by atoms with E-state index >= 15 is 0 Å². The number of ketones is 1. The Kier molecular flexibility index (Phi) is 7.26. The summed E-state index contributed by atoms with van der Waals surface area (Å²) in [6.07, 6.45) is 0.0485. The van der Waals surface area contributed by atoms with Crippen molar-refractivity contribution in [1.29, 1.82) is 0 Å². The van der Waals surface area contributed by atoms with Crippen LogP contribution in [-0.2, 0) is 16.1 Å². The van der Waals surface area contributed by atoms with Crippen molar-refractivity contribution < 1.29 is 24.2 Å². The van der Waals surface area contributed by atoms with Gasteiger partial charge in [0.05, 0.1) is 24.8 Å². The molecule has 4 rings (SSSR count). The molecular weight excluding hydrogens is 510 g/mol. The summed E-state index contributed by atoms with van der Waals surface area (Å²) in [5, 5.41) is 11.2. The fourth-order valence-corrected chi connectivity index (χ4v) is 4.35. The zero-order chi connectivity index (χ0) is 25.1. The molecule has 6 nitrogen and oxygen atoms in total. The second-order valence-corrected chi connectivity index (χ2v) is 9.43. The fraction of sp³-hybridized carbons (Fsp3) is 0.214. The van der Waals surface area contributed by atoms with Gasteiger partial charge in [-0.15, -0.1) is 0 Å². The quantitative estimate of drug-likeness (QED) is 0.232. The Labute approximate surface area is 212 Å². The van der Waals surface area contributed by atoms with E-state index in [2.05, 4.69) is 15.9 Å². The fourth-order valence-electron chi connectivity index (χ4n) is 4.08. The molecule has 35 heavy (non-hydrogen) atoms. The summed E-state index contributed by atoms with van der Waals surface area (Å²) in [6, 6.07) is 20.8. The third-order valence-electron chi connectivity index (χ3n) is 5.74. The summed E-state index contributed by atoms with van der Waals surface area (Å²) < 4.78 is 11.8. The Bertz CT molecular complexity index is 1250. The predicted molar refractivity (Wildman–Crippen MR) is 137 cm³/mol. The number of hydrogen-bond acceptors (Lipinski definition) is 5. The Morgan fingerprint density at radius 2 is 1.54 bits per heavy atom. The molecule has 0 radical (unpaired) electrons. The highest BCUT2D eigenvalue weighted by molar-refractivity contribution is 9.10. The first kappa shape index (κ1) is 24.5. The number of Topliss-reactive ketones (excluding diaryl/α,β-unsaturated/α-hetero) is 1. The van der Waals surface area contributed by atoms with E-state index in [9.17, 15) is 14.7 Å². The van der Waals surface area contributed by atoms with Crippen LogP contribution in [0.15, 0.2) is 82.8 Å². The molecule has 0 bridgehead atoms. The number of methoxy groups -OCH3 is 1. The van der Waals surface area contributed by atoms with Crippen molar-refractivity contribution in [1.82, 2.24) is 4.90 Å². The zero-order valence-corrected chi connectivity index (χ0v) is 21.3. The second kappa shape index (κ2) is 10.4. The lowest BCUT2D eigenvalue weighted by atomic mass is 9.95. The molecule has 1 aliphatic rings. The first-order chi connectivity index (χ1) is 16.8. The van der Waals surface area contributed by atoms with Crippen LogP contribution in [0.4, 0.5) is 0 Å². The van der Waals surface area contributed by atoms with Gasteiger partial charge in [-0.05, 0) is 61.4 Å². The molecule has 1 amide bonds. The van der Waals surface area contributed by atoms with Gasteiger partial charge in [0.1, 0.15) is 17.3 Å². The lowest BCUT2D eigenvalue weighted by Crippen LogP contribution is -2.29. The summed E-state index contributed by atoms with van der Waals surface area (Å²) in [5.74, 6) is -0.204. The highest BCUT2D eigenvalue weighted by Crippen LogP contribution is 2.40. The minimum Gasteiger partial charge on any atom is -0.507 e. The molecule has 0 aromatic heterocycles. The van der Waals surface area contributed by atoms with Crippen LogP contribution in [0, 0.1) is 0 Å². The first-order valence-electron chi connectivity index (χ1n) is 11.2. The number of nitrogens with zero attached hydrogens (tertiary/aromatic N) is 1. The van der Waals surface area contributed by atoms with E-state index in [1.807, 2.05) is 38.1 Å². The number of aliphatic hydroxyl groups is 1. The van der Waals surface area contributed by atoms with Gasteiger partial charge in [0.2, 0.25) is 0 Å². The van der Waals surface area contributed by atoms with Crippen LogP contribution in [0.25, 0.3) is 5.76 Å². The van der Waals surface area contributed by atoms with Gasteiger partial charge < -0.3 is 19.5 Å². The van der Waals surface area contributed by atoms with Gasteiger partial charge in [0, 0.05) is 16.6 Å². The molecule has 1 unspecified atom stereocenters. The third-order valence-corrected chi connectivity index (χ3v) is 6.27. The van der Waals surface area contributed by atoms with E-state index in [4.69, 9.17) is 9.47 Å². The normalized spacial score (nSPS) is 17.2. The van der Waals surface area contributed by atoms with E-state index in [0.29, 0.717) is 16.9 Å². The van der Waals surface area contributed by atoms with E-state index in [1.165, 1.54) is 4.90 Å². The molecular formula is C28H26BrNO5. The number of ether oxygens (including phenoxy) is 2. The summed E-state index contributed by atoms with van der Waals surface area (Å²) in [4.78, 5) is 27.9. The van der Waals surface area contributed by atoms with Gasteiger partial charge in [-0.25, -0.2) is 0 Å². The van der Waals surface area contributed by atoms with Crippen molar-refractivity contribution in [3.63, 3.8) is 0 Å². The van der Waals surface area contributed by atoms with Gasteiger partial charge in [0.15, 0.2) is 0 Å². The van der Waals surface area contributed by atoms with E-state index in [0.717, 1.165) is 15.8 Å². The number of benzene rings is 3. The number of amides is 1. The van der Waals surface area contributed by atoms with Crippen LogP contribution >= 0.6 is 15.9 Å². The number of aliphatic hydroxyl groups excluding tert-OH is 1. The van der Waals surface area contributed by atoms with Crippen LogP contribution in [-0.4, -0.2) is 34.9 Å². The maximum absolute atomic E-state index is 13.2. The standard InChI is InChI=1S/C28H26BrNO5/c1-17(2)35-23-12-4-18(5-13-23)16-30-25(19-8-14-22(34-3)15-9-19)24(27(32)28(30)33)26(31)20-6-10-21(29)11-7-20/h4-15,17,25,31H,16H2,1-3H3/b26-24-. The molecule has 3 aromatic carbocycles. The highest BCUT2D eigenvalue weighted by atomic mass is 79.9. The average molecular weight is 536 g/mol. The Morgan fingerprint density at radius 3 is 2.11 bits per heavy atom. The summed E-state index contributed by atoms with van der Waals surface area (Å²) in [7, 11) is 1.57. The van der Waals surface area contributed by atoms with Crippen LogP contribution in [0.5, 0.6) is 11.5 Å². The van der Waals surface area contributed by atoms with Crippen molar-refractivity contribution in [3.05, 3.63) is 99.5 Å². The minimum atomic E-state index is -0.754. The summed E-state index contributed by atoms with van der Waals surface area (Å²) in [5.41, 5.74) is 2.05. The highest BCUT2D eigenvalue weighted by Gasteiger charge is 2.46. The molecule has 7 heteroatoms. The van der Waals surface area contributed by atoms with Crippen molar-refractivity contribution in [2.45, 2.75) is 32.5 Å². The van der Waals surface area contributed by atoms with Crippen LogP contribution in [0.2, 0.25) is 0 Å². The van der Waals surface area contributed by atoms with E-state index in [-0.39, 0.29) is 24.0 Å². The molecule has 1 fully saturated rings. The maximum atomic E-state index is 13.2. The predicted octanol–water partition coefficient (Wildman–Crippen LogP) is 5.87. The molecule has 180 valence electrons. The molecule has 1 heterocycles. The summed E-state index contributed by atoms with van der Waals surface area (Å²) in [6.45, 7) is 4.10. The van der Waals surface area contributed by atoms with Crippen molar-refractivity contribution in [2.24, 2.45) is 0 Å². The van der Waals surface area contributed by atoms with Gasteiger partial charge in [-0.2, -0.15) is 0 Å². The molecule has 0 spiro atoms. The SMILES string of the molecule is COc1ccc(C2/C(=C(/O)c3ccc(Br)cc3)C(=O)C(=O)N2Cc2ccc(OC(C)C)cc2)cc1. The number of rotatable bonds is 7. The number of hydrogen-bond donors (Lipinski definition) is 1. The maximum Gasteiger partial charge on any atom is 0.295 e. The molecule has 1 saturated heterocycles. The second-order valence-electron chi connectivity index (χ2n) is 8.52. The lowest BCUT2D eigenvalue weighted by molar-refractivity contribution is -0.140. The number of carbonyl (C=O) groups excluding carboxylic acids is 2. The topological polar surface area (TPSA) is 76.1 Å². The Balaban J connectivity index is 1.76. The van der Waals surface area contributed by atoms with Gasteiger partial charge in [0.25, 0.3) is 11.7 Å². The molecule has 0 saturated carbocycles. The summed E-state index contributed by atoms with van der Waals surface area (Å²) >= 11 is 3.38. The van der Waals surface area contributed by atoms with Gasteiger partial charge >= 0.3 is 0 Å². The van der Waals surface area contributed by atoms with Crippen LogP contribution < -0.4 is 9.47 Å². The van der Waals surface area contributed by atoms with Crippen molar-refractivity contribution in [2.75, 3.05) is 7.11 Å². The molecule has 3 aromatic rings. The molecule has 1 aliphatic heterocycles. The monoisotopic (exact) mass is 535 g/mol. The third kappa shape index (κ3) is 5.25. The van der Waals surface area contributed by atoms with Crippen LogP contribution in [0.1, 0.15) is 36.6 Å². The van der Waals surface area contributed by atoms with Gasteiger partial charge in [-0.1, -0.05) is 52.3 Å². The molecule has 1 N–H and O–H groups in total. The van der Waals surface area contributed by atoms with Gasteiger partial charge in [-0.3, -0.25) is 9.59 Å². The number of halogens is 1. The molecule has 1 atom stereocenters. The molecule has 0 aliphatic carbocycles. The smallest absolute Gasteiger partial charge is 0.295 e.